The van der Waals surface area contributed by atoms with E-state index in [4.69, 9.17) is 4.74 Å². The van der Waals surface area contributed by atoms with Crippen LogP contribution in [0.2, 0.25) is 0 Å². The van der Waals surface area contributed by atoms with E-state index in [2.05, 4.69) is 5.32 Å². The number of rotatable bonds is 6. The summed E-state index contributed by atoms with van der Waals surface area (Å²) in [6.07, 6.45) is 0.625. The first kappa shape index (κ1) is 19.6. The van der Waals surface area contributed by atoms with Crippen LogP contribution in [0.5, 0.6) is 0 Å². The van der Waals surface area contributed by atoms with Crippen LogP contribution in [-0.4, -0.2) is 25.0 Å². The van der Waals surface area contributed by atoms with Gasteiger partial charge in [-0.3, -0.25) is 4.79 Å². The van der Waals surface area contributed by atoms with Gasteiger partial charge in [0, 0.05) is 6.42 Å². The average molecular weight is 375 g/mol. The zero-order valence-corrected chi connectivity index (χ0v) is 16.5. The third-order valence-electron chi connectivity index (χ3n) is 5.05. The van der Waals surface area contributed by atoms with Crippen LogP contribution >= 0.6 is 0 Å². The molecule has 28 heavy (non-hydrogen) atoms. The predicted molar refractivity (Wildman–Crippen MR) is 111 cm³/mol. The van der Waals surface area contributed by atoms with Gasteiger partial charge in [-0.2, -0.15) is 0 Å². The number of methoxy groups -OCH3 is 1. The van der Waals surface area contributed by atoms with Crippen LogP contribution in [0, 0.1) is 13.8 Å². The van der Waals surface area contributed by atoms with E-state index in [-0.39, 0.29) is 12.3 Å². The summed E-state index contributed by atoms with van der Waals surface area (Å²) in [6, 6.07) is 19.3. The molecule has 0 saturated carbocycles. The molecule has 0 aliphatic carbocycles. The van der Waals surface area contributed by atoms with Crippen LogP contribution in [0.15, 0.2) is 60.7 Å². The largest absolute Gasteiger partial charge is 0.467 e. The molecular weight excluding hydrogens is 350 g/mol. The van der Waals surface area contributed by atoms with Crippen molar-refractivity contribution in [3.63, 3.8) is 0 Å². The van der Waals surface area contributed by atoms with Crippen molar-refractivity contribution in [2.75, 3.05) is 7.11 Å². The van der Waals surface area contributed by atoms with Gasteiger partial charge in [-0.1, -0.05) is 60.7 Å². The maximum absolute atomic E-state index is 12.6. The molecule has 3 aromatic rings. The second kappa shape index (κ2) is 8.70. The topological polar surface area (TPSA) is 55.4 Å². The Balaban J connectivity index is 1.74. The Morgan fingerprint density at radius 2 is 1.61 bits per heavy atom. The number of carbonyl (C=O) groups excluding carboxylic acids is 2. The van der Waals surface area contributed by atoms with Crippen molar-refractivity contribution in [1.82, 2.24) is 5.32 Å². The first-order valence-electron chi connectivity index (χ1n) is 9.38. The molecule has 1 amide bonds. The number of aryl methyl sites for hydroxylation is 2. The van der Waals surface area contributed by atoms with Gasteiger partial charge < -0.3 is 10.1 Å². The first-order valence-corrected chi connectivity index (χ1v) is 9.38. The Morgan fingerprint density at radius 3 is 2.29 bits per heavy atom. The lowest BCUT2D eigenvalue weighted by Gasteiger charge is -2.19. The van der Waals surface area contributed by atoms with E-state index >= 15 is 0 Å². The van der Waals surface area contributed by atoms with Crippen LogP contribution in [0.3, 0.4) is 0 Å². The summed E-state index contributed by atoms with van der Waals surface area (Å²) >= 11 is 0. The van der Waals surface area contributed by atoms with Gasteiger partial charge in [0.05, 0.1) is 13.5 Å². The highest BCUT2D eigenvalue weighted by Crippen LogP contribution is 2.18. The molecule has 0 aliphatic rings. The van der Waals surface area contributed by atoms with E-state index in [0.717, 1.165) is 33.0 Å². The summed E-state index contributed by atoms with van der Waals surface area (Å²) in [7, 11) is 1.34. The quantitative estimate of drug-likeness (QED) is 0.665. The zero-order valence-electron chi connectivity index (χ0n) is 16.5. The molecule has 3 aromatic carbocycles. The maximum atomic E-state index is 12.6. The summed E-state index contributed by atoms with van der Waals surface area (Å²) in [5, 5.41) is 5.08. The number of fused-ring (bicyclic) bond motifs is 1. The monoisotopic (exact) mass is 375 g/mol. The zero-order chi connectivity index (χ0) is 20.1. The van der Waals surface area contributed by atoms with E-state index in [0.29, 0.717) is 6.42 Å². The summed E-state index contributed by atoms with van der Waals surface area (Å²) in [6.45, 7) is 4.02. The molecule has 4 nitrogen and oxygen atoms in total. The van der Waals surface area contributed by atoms with Gasteiger partial charge in [-0.15, -0.1) is 0 Å². The third-order valence-corrected chi connectivity index (χ3v) is 5.05. The van der Waals surface area contributed by atoms with Crippen molar-refractivity contribution in [3.8, 4) is 0 Å². The molecule has 144 valence electrons. The SMILES string of the molecule is COC(=O)[C@@H](Cc1c(C)cccc1C)NC(=O)Cc1ccc2ccccc2c1. The predicted octanol–water partition coefficient (Wildman–Crippen LogP) is 3.90. The Labute approximate surface area is 165 Å². The Hall–Kier alpha value is -3.14. The molecule has 0 heterocycles. The van der Waals surface area contributed by atoms with Gasteiger partial charge in [0.15, 0.2) is 0 Å². The smallest absolute Gasteiger partial charge is 0.328 e. The minimum Gasteiger partial charge on any atom is -0.467 e. The van der Waals surface area contributed by atoms with Crippen LogP contribution in [-0.2, 0) is 27.2 Å². The Morgan fingerprint density at radius 1 is 0.929 bits per heavy atom. The molecule has 0 radical (unpaired) electrons. The van der Waals surface area contributed by atoms with E-state index in [1.54, 1.807) is 0 Å². The molecule has 0 aromatic heterocycles. The number of nitrogens with one attached hydrogen (secondary N) is 1. The maximum Gasteiger partial charge on any atom is 0.328 e. The summed E-state index contributed by atoms with van der Waals surface area (Å²) in [5.41, 5.74) is 4.16. The fourth-order valence-corrected chi connectivity index (χ4v) is 3.49. The normalized spacial score (nSPS) is 11.8. The average Bonchev–Trinajstić information content (AvgIpc) is 2.69. The van der Waals surface area contributed by atoms with Crippen molar-refractivity contribution in [3.05, 3.63) is 82.9 Å². The van der Waals surface area contributed by atoms with Gasteiger partial charge in [0.2, 0.25) is 5.91 Å². The highest BCUT2D eigenvalue weighted by atomic mass is 16.5. The van der Waals surface area contributed by atoms with Gasteiger partial charge in [0.25, 0.3) is 0 Å². The molecule has 0 unspecified atom stereocenters. The minimum absolute atomic E-state index is 0.197. The molecule has 1 atom stereocenters. The molecule has 0 saturated heterocycles. The van der Waals surface area contributed by atoms with Gasteiger partial charge >= 0.3 is 5.97 Å². The fraction of sp³-hybridized carbons (Fsp3) is 0.250. The van der Waals surface area contributed by atoms with Crippen molar-refractivity contribution in [2.45, 2.75) is 32.7 Å². The highest BCUT2D eigenvalue weighted by Gasteiger charge is 2.23. The van der Waals surface area contributed by atoms with E-state index in [1.807, 2.05) is 74.5 Å². The minimum atomic E-state index is -0.710. The molecule has 0 bridgehead atoms. The molecule has 0 aliphatic heterocycles. The van der Waals surface area contributed by atoms with E-state index < -0.39 is 12.0 Å². The lowest BCUT2D eigenvalue weighted by molar-refractivity contribution is -0.145. The lowest BCUT2D eigenvalue weighted by atomic mass is 9.96. The number of carbonyl (C=O) groups is 2. The van der Waals surface area contributed by atoms with Gasteiger partial charge in [0.1, 0.15) is 6.04 Å². The Kier molecular flexibility index (Phi) is 6.09. The summed E-state index contributed by atoms with van der Waals surface area (Å²) in [4.78, 5) is 24.9. The molecule has 3 rings (SSSR count). The number of hydrogen-bond donors (Lipinski definition) is 1. The lowest BCUT2D eigenvalue weighted by Crippen LogP contribution is -2.44. The highest BCUT2D eigenvalue weighted by molar-refractivity contribution is 5.88. The van der Waals surface area contributed by atoms with Crippen LogP contribution in [0.25, 0.3) is 10.8 Å². The van der Waals surface area contributed by atoms with E-state index in [9.17, 15) is 9.59 Å². The van der Waals surface area contributed by atoms with Crippen molar-refractivity contribution in [1.29, 1.82) is 0 Å². The van der Waals surface area contributed by atoms with E-state index in [1.165, 1.54) is 7.11 Å². The second-order valence-electron chi connectivity index (χ2n) is 7.08. The molecule has 0 fully saturated rings. The van der Waals surface area contributed by atoms with Gasteiger partial charge in [-0.25, -0.2) is 4.79 Å². The fourth-order valence-electron chi connectivity index (χ4n) is 3.49. The molecule has 0 spiro atoms. The molecular formula is C24H25NO3. The van der Waals surface area contributed by atoms with Crippen molar-refractivity contribution in [2.24, 2.45) is 0 Å². The van der Waals surface area contributed by atoms with Crippen LogP contribution in [0.4, 0.5) is 0 Å². The number of amides is 1. The number of hydrogen-bond acceptors (Lipinski definition) is 3. The first-order chi connectivity index (χ1) is 13.5. The molecule has 1 N–H and O–H groups in total. The number of ether oxygens (including phenoxy) is 1. The van der Waals surface area contributed by atoms with Crippen LogP contribution < -0.4 is 5.32 Å². The second-order valence-corrected chi connectivity index (χ2v) is 7.08. The summed E-state index contributed by atoms with van der Waals surface area (Å²) in [5.74, 6) is -0.633. The van der Waals surface area contributed by atoms with Crippen molar-refractivity contribution < 1.29 is 14.3 Å². The third kappa shape index (κ3) is 4.58. The number of esters is 1. The van der Waals surface area contributed by atoms with Crippen LogP contribution in [0.1, 0.15) is 22.3 Å². The number of benzene rings is 3. The summed E-state index contributed by atoms with van der Waals surface area (Å²) < 4.78 is 4.92. The standard InChI is InChI=1S/C24H25NO3/c1-16-7-6-8-17(2)21(16)15-22(24(27)28-3)25-23(26)14-18-11-12-19-9-4-5-10-20(19)13-18/h4-13,22H,14-15H2,1-3H3,(H,25,26)/t22-/m1/s1. The molecule has 4 heteroatoms. The Bertz CT molecular complexity index is 989. The van der Waals surface area contributed by atoms with Crippen molar-refractivity contribution >= 4 is 22.6 Å². The van der Waals surface area contributed by atoms with Gasteiger partial charge in [-0.05, 0) is 46.9 Å².